The Balaban J connectivity index is 1.18. The summed E-state index contributed by atoms with van der Waals surface area (Å²) in [5.74, 6) is 0.688. The number of thiophene rings is 1. The van der Waals surface area contributed by atoms with E-state index >= 15 is 0 Å². The Hall–Kier alpha value is -7.01. The molecule has 0 aliphatic carbocycles. The topological polar surface area (TPSA) is 38.7 Å². The lowest BCUT2D eigenvalue weighted by Crippen LogP contribution is -1.97. The molecule has 10 rings (SSSR count). The third-order valence-electron chi connectivity index (χ3n) is 10.2. The van der Waals surface area contributed by atoms with Gasteiger partial charge in [0, 0.05) is 49.3 Å². The molecule has 0 atom stereocenters. The second-order valence-corrected chi connectivity index (χ2v) is 14.7. The van der Waals surface area contributed by atoms with E-state index < -0.39 is 0 Å². The minimum absolute atomic E-state index is 0.688. The van der Waals surface area contributed by atoms with Crippen LogP contribution in [0.3, 0.4) is 0 Å². The van der Waals surface area contributed by atoms with Crippen LogP contribution in [0.25, 0.3) is 98.6 Å². The van der Waals surface area contributed by atoms with E-state index in [9.17, 15) is 0 Å². The Bertz CT molecular complexity index is 2950. The lowest BCUT2D eigenvalue weighted by atomic mass is 9.93. The monoisotopic (exact) mass is 719 g/mol. The second-order valence-electron chi connectivity index (χ2n) is 13.7. The predicted octanol–water partition coefficient (Wildman–Crippen LogP) is 13.9. The molecule has 0 unspecified atom stereocenters. The highest BCUT2D eigenvalue weighted by Crippen LogP contribution is 2.42. The molecular formula is C51H33N3S. The van der Waals surface area contributed by atoms with Gasteiger partial charge in [0.2, 0.25) is 0 Å². The first-order valence-corrected chi connectivity index (χ1v) is 19.2. The Labute approximate surface area is 323 Å². The highest BCUT2D eigenvalue weighted by molar-refractivity contribution is 7.26. The fraction of sp³-hybridized carbons (Fsp3) is 0. The first kappa shape index (κ1) is 32.6. The molecule has 0 fully saturated rings. The Morgan fingerprint density at radius 2 is 0.855 bits per heavy atom. The fourth-order valence-corrected chi connectivity index (χ4v) is 8.66. The molecule has 4 heteroatoms. The van der Waals surface area contributed by atoms with E-state index in [1.807, 2.05) is 54.1 Å². The second kappa shape index (κ2) is 14.1. The highest BCUT2D eigenvalue weighted by atomic mass is 32.1. The zero-order valence-electron chi connectivity index (χ0n) is 29.8. The molecule has 3 nitrogen and oxygen atoms in total. The van der Waals surface area contributed by atoms with Crippen molar-refractivity contribution >= 4 is 31.5 Å². The molecule has 0 N–H and O–H groups in total. The first-order chi connectivity index (χ1) is 27.2. The smallest absolute Gasteiger partial charge is 0.160 e. The van der Waals surface area contributed by atoms with Crippen LogP contribution >= 0.6 is 11.3 Å². The molecule has 0 saturated heterocycles. The van der Waals surface area contributed by atoms with Gasteiger partial charge in [-0.3, -0.25) is 4.98 Å². The summed E-state index contributed by atoms with van der Waals surface area (Å²) in [7, 11) is 0. The summed E-state index contributed by atoms with van der Waals surface area (Å²) in [5.41, 5.74) is 14.0. The van der Waals surface area contributed by atoms with Crippen LogP contribution in [0.4, 0.5) is 0 Å². The molecule has 7 aromatic carbocycles. The maximum Gasteiger partial charge on any atom is 0.160 e. The maximum atomic E-state index is 5.28. The van der Waals surface area contributed by atoms with Crippen molar-refractivity contribution in [1.29, 1.82) is 0 Å². The van der Waals surface area contributed by atoms with Crippen LogP contribution in [0.15, 0.2) is 200 Å². The molecule has 0 aliphatic rings. The van der Waals surface area contributed by atoms with Crippen LogP contribution < -0.4 is 0 Å². The number of rotatable bonds is 7. The van der Waals surface area contributed by atoms with Gasteiger partial charge in [-0.15, -0.1) is 11.3 Å². The van der Waals surface area contributed by atoms with Crippen LogP contribution in [0.2, 0.25) is 0 Å². The summed E-state index contributed by atoms with van der Waals surface area (Å²) in [4.78, 5) is 14.7. The summed E-state index contributed by atoms with van der Waals surface area (Å²) in [6.07, 6.45) is 3.66. The van der Waals surface area contributed by atoms with Crippen LogP contribution in [-0.2, 0) is 0 Å². The summed E-state index contributed by atoms with van der Waals surface area (Å²) < 4.78 is 2.58. The average molecular weight is 720 g/mol. The van der Waals surface area contributed by atoms with Gasteiger partial charge >= 0.3 is 0 Å². The Morgan fingerprint density at radius 1 is 0.327 bits per heavy atom. The number of fused-ring (bicyclic) bond motifs is 3. The molecule has 0 radical (unpaired) electrons. The maximum absolute atomic E-state index is 5.28. The van der Waals surface area contributed by atoms with Gasteiger partial charge in [-0.25, -0.2) is 9.97 Å². The summed E-state index contributed by atoms with van der Waals surface area (Å²) in [5, 5.41) is 2.57. The summed E-state index contributed by atoms with van der Waals surface area (Å²) in [6, 6.07) is 66.8. The number of hydrogen-bond acceptors (Lipinski definition) is 4. The zero-order chi connectivity index (χ0) is 36.6. The number of hydrogen-bond donors (Lipinski definition) is 0. The molecular weight excluding hydrogens is 687 g/mol. The van der Waals surface area contributed by atoms with Gasteiger partial charge in [0.1, 0.15) is 0 Å². The Kier molecular flexibility index (Phi) is 8.36. The molecule has 0 saturated carbocycles. The van der Waals surface area contributed by atoms with Crippen molar-refractivity contribution in [3.63, 3.8) is 0 Å². The van der Waals surface area contributed by atoms with Crippen LogP contribution in [-0.4, -0.2) is 15.0 Å². The van der Waals surface area contributed by atoms with Crippen molar-refractivity contribution in [3.8, 4) is 78.4 Å². The molecule has 55 heavy (non-hydrogen) atoms. The number of nitrogens with zero attached hydrogens (tertiary/aromatic N) is 3. The van der Waals surface area contributed by atoms with Gasteiger partial charge in [-0.2, -0.15) is 0 Å². The quantitative estimate of drug-likeness (QED) is 0.165. The summed E-state index contributed by atoms with van der Waals surface area (Å²) in [6.45, 7) is 0. The van der Waals surface area contributed by atoms with E-state index in [4.69, 9.17) is 9.97 Å². The van der Waals surface area contributed by atoms with Crippen LogP contribution in [0.1, 0.15) is 0 Å². The van der Waals surface area contributed by atoms with Gasteiger partial charge in [-0.1, -0.05) is 140 Å². The lowest BCUT2D eigenvalue weighted by Gasteiger charge is -2.14. The molecule has 258 valence electrons. The lowest BCUT2D eigenvalue weighted by molar-refractivity contribution is 1.18. The van der Waals surface area contributed by atoms with Gasteiger partial charge in [0.25, 0.3) is 0 Å². The van der Waals surface area contributed by atoms with Crippen molar-refractivity contribution in [2.24, 2.45) is 0 Å². The molecule has 0 aliphatic heterocycles. The standard InChI is InChI=1S/C51H33N3S/c1-3-11-34(12-4-1)35-21-23-36(24-22-35)41-30-42(44-18-10-19-46-45-17-7-8-20-49(45)55-50(44)46)32-43(31-41)48-33-47(53-51(54-48)38-13-5-2-6-14-38)40-16-9-15-39(29-40)37-25-27-52-28-26-37/h1-33H. The molecule has 3 heterocycles. The molecule has 0 spiro atoms. The fourth-order valence-electron chi connectivity index (χ4n) is 7.42. The van der Waals surface area contributed by atoms with Crippen molar-refractivity contribution in [2.75, 3.05) is 0 Å². The molecule has 0 bridgehead atoms. The SMILES string of the molecule is c1ccc(-c2ccc(-c3cc(-c4cc(-c5cccc(-c6ccncc6)c5)nc(-c5ccccc5)n4)cc(-c4cccc5c4sc4ccccc45)c3)cc2)cc1. The minimum atomic E-state index is 0.688. The highest BCUT2D eigenvalue weighted by Gasteiger charge is 2.16. The summed E-state index contributed by atoms with van der Waals surface area (Å²) >= 11 is 1.86. The zero-order valence-corrected chi connectivity index (χ0v) is 30.6. The normalized spacial score (nSPS) is 11.3. The molecule has 0 amide bonds. The van der Waals surface area contributed by atoms with E-state index in [0.29, 0.717) is 5.82 Å². The number of pyridine rings is 1. The van der Waals surface area contributed by atoms with Crippen LogP contribution in [0, 0.1) is 0 Å². The minimum Gasteiger partial charge on any atom is -0.265 e. The van der Waals surface area contributed by atoms with E-state index in [1.54, 1.807) is 0 Å². The van der Waals surface area contributed by atoms with Crippen molar-refractivity contribution < 1.29 is 0 Å². The van der Waals surface area contributed by atoms with Gasteiger partial charge in [0.05, 0.1) is 11.4 Å². The van der Waals surface area contributed by atoms with Crippen LogP contribution in [0.5, 0.6) is 0 Å². The van der Waals surface area contributed by atoms with Gasteiger partial charge in [0.15, 0.2) is 5.82 Å². The van der Waals surface area contributed by atoms with E-state index in [-0.39, 0.29) is 0 Å². The van der Waals surface area contributed by atoms with E-state index in [1.165, 1.54) is 36.9 Å². The van der Waals surface area contributed by atoms with Gasteiger partial charge in [-0.05, 0) is 93.0 Å². The number of benzene rings is 7. The van der Waals surface area contributed by atoms with Crippen molar-refractivity contribution in [3.05, 3.63) is 200 Å². The van der Waals surface area contributed by atoms with E-state index in [0.717, 1.165) is 55.9 Å². The third kappa shape index (κ3) is 6.39. The van der Waals surface area contributed by atoms with Crippen molar-refractivity contribution in [1.82, 2.24) is 15.0 Å². The first-order valence-electron chi connectivity index (χ1n) is 18.4. The van der Waals surface area contributed by atoms with E-state index in [2.05, 4.69) is 163 Å². The molecule has 3 aromatic heterocycles. The number of aromatic nitrogens is 3. The average Bonchev–Trinajstić information content (AvgIpc) is 3.66. The predicted molar refractivity (Wildman–Crippen MR) is 231 cm³/mol. The third-order valence-corrected chi connectivity index (χ3v) is 11.4. The molecule has 10 aromatic rings. The largest absolute Gasteiger partial charge is 0.265 e. The van der Waals surface area contributed by atoms with Crippen molar-refractivity contribution in [2.45, 2.75) is 0 Å². The Morgan fingerprint density at radius 3 is 1.64 bits per heavy atom. The van der Waals surface area contributed by atoms with Gasteiger partial charge < -0.3 is 0 Å².